The molecule has 6 N–H and O–H groups in total. The van der Waals surface area contributed by atoms with Gasteiger partial charge in [0.2, 0.25) is 0 Å². The van der Waals surface area contributed by atoms with E-state index in [9.17, 15) is 10.0 Å². The summed E-state index contributed by atoms with van der Waals surface area (Å²) in [7, 11) is -1.50. The Bertz CT molecular complexity index is 392. The van der Waals surface area contributed by atoms with Crippen LogP contribution in [-0.2, 0) is 6.54 Å². The molecule has 1 aromatic rings. The molecule has 0 saturated carbocycles. The van der Waals surface area contributed by atoms with E-state index in [4.69, 9.17) is 11.5 Å². The Balaban J connectivity index is 3.60. The third kappa shape index (κ3) is 1.86. The third-order valence-electron chi connectivity index (χ3n) is 2.98. The second kappa shape index (κ2) is 4.22. The van der Waals surface area contributed by atoms with Crippen LogP contribution in [0.1, 0.15) is 22.3 Å². The lowest BCUT2D eigenvalue weighted by Crippen LogP contribution is -2.36. The summed E-state index contributed by atoms with van der Waals surface area (Å²) >= 11 is 0. The van der Waals surface area contributed by atoms with E-state index in [1.165, 1.54) is 0 Å². The first-order valence-electron chi connectivity index (χ1n) is 4.86. The van der Waals surface area contributed by atoms with Crippen LogP contribution in [0.25, 0.3) is 0 Å². The van der Waals surface area contributed by atoms with Crippen LogP contribution in [0.3, 0.4) is 0 Å². The molecule has 0 saturated heterocycles. The van der Waals surface area contributed by atoms with E-state index in [0.29, 0.717) is 17.7 Å². The Kier molecular flexibility index (Phi) is 3.39. The smallest absolute Gasteiger partial charge is 0.423 e. The average Bonchev–Trinajstić information content (AvgIpc) is 2.15. The summed E-state index contributed by atoms with van der Waals surface area (Å²) in [4.78, 5) is 0. The van der Waals surface area contributed by atoms with Crippen LogP contribution in [0, 0.1) is 20.8 Å². The number of benzene rings is 1. The molecule has 0 spiro atoms. The summed E-state index contributed by atoms with van der Waals surface area (Å²) in [5, 5.41) is 18.6. The van der Waals surface area contributed by atoms with Crippen molar-refractivity contribution >= 4 is 18.3 Å². The molecular formula is C10H17BN2O2. The van der Waals surface area contributed by atoms with Crippen molar-refractivity contribution in [2.75, 3.05) is 5.73 Å². The van der Waals surface area contributed by atoms with Crippen LogP contribution < -0.4 is 16.9 Å². The summed E-state index contributed by atoms with van der Waals surface area (Å²) in [6.45, 7) is 5.85. The average molecular weight is 208 g/mol. The number of hydrogen-bond donors (Lipinski definition) is 4. The van der Waals surface area contributed by atoms with E-state index in [1.54, 1.807) is 6.92 Å². The van der Waals surface area contributed by atoms with Gasteiger partial charge in [-0.2, -0.15) is 0 Å². The van der Waals surface area contributed by atoms with Crippen LogP contribution in [0.5, 0.6) is 0 Å². The Morgan fingerprint density at radius 3 is 2.00 bits per heavy atom. The normalized spacial score (nSPS) is 10.5. The first-order valence-corrected chi connectivity index (χ1v) is 4.86. The van der Waals surface area contributed by atoms with E-state index >= 15 is 0 Å². The minimum atomic E-state index is -1.50. The van der Waals surface area contributed by atoms with Crippen molar-refractivity contribution in [3.8, 4) is 0 Å². The van der Waals surface area contributed by atoms with E-state index in [0.717, 1.165) is 22.3 Å². The minimum absolute atomic E-state index is 0.349. The van der Waals surface area contributed by atoms with Crippen LogP contribution in [0.4, 0.5) is 5.69 Å². The van der Waals surface area contributed by atoms with Crippen molar-refractivity contribution in [1.82, 2.24) is 0 Å². The highest BCUT2D eigenvalue weighted by atomic mass is 16.4. The predicted molar refractivity (Wildman–Crippen MR) is 62.8 cm³/mol. The molecule has 15 heavy (non-hydrogen) atoms. The Morgan fingerprint density at radius 1 is 1.07 bits per heavy atom. The lowest BCUT2D eigenvalue weighted by Gasteiger charge is -2.18. The van der Waals surface area contributed by atoms with Gasteiger partial charge in [0.05, 0.1) is 0 Å². The zero-order valence-corrected chi connectivity index (χ0v) is 9.33. The largest absolute Gasteiger partial charge is 0.489 e. The van der Waals surface area contributed by atoms with E-state index < -0.39 is 7.12 Å². The van der Waals surface area contributed by atoms with E-state index in [2.05, 4.69) is 0 Å². The van der Waals surface area contributed by atoms with Gasteiger partial charge in [0.1, 0.15) is 0 Å². The molecule has 0 amide bonds. The molecule has 5 heteroatoms. The van der Waals surface area contributed by atoms with Gasteiger partial charge >= 0.3 is 7.12 Å². The van der Waals surface area contributed by atoms with Gasteiger partial charge in [0.25, 0.3) is 0 Å². The zero-order valence-electron chi connectivity index (χ0n) is 9.33. The van der Waals surface area contributed by atoms with Gasteiger partial charge in [-0.05, 0) is 48.5 Å². The standard InChI is InChI=1S/C10H17BN2O2/c1-5-8(4-12)6(2)10(13)7(3)9(5)11(14)15/h14-15H,4,12-13H2,1-3H3. The first-order chi connectivity index (χ1) is 6.91. The Morgan fingerprint density at radius 2 is 1.60 bits per heavy atom. The molecule has 0 aromatic heterocycles. The molecule has 82 valence electrons. The maximum Gasteiger partial charge on any atom is 0.489 e. The summed E-state index contributed by atoms with van der Waals surface area (Å²) in [5.41, 5.74) is 15.9. The predicted octanol–water partition coefficient (Wildman–Crippen LogP) is -0.667. The summed E-state index contributed by atoms with van der Waals surface area (Å²) in [5.74, 6) is 0. The van der Waals surface area contributed by atoms with Crippen LogP contribution in [-0.4, -0.2) is 17.2 Å². The maximum atomic E-state index is 9.28. The van der Waals surface area contributed by atoms with Crippen molar-refractivity contribution in [2.45, 2.75) is 27.3 Å². The fourth-order valence-corrected chi connectivity index (χ4v) is 2.01. The SMILES string of the molecule is Cc1c(N)c(C)c(B(O)O)c(C)c1CN. The van der Waals surface area contributed by atoms with Crippen LogP contribution in [0.15, 0.2) is 0 Å². The van der Waals surface area contributed by atoms with Crippen molar-refractivity contribution in [1.29, 1.82) is 0 Å². The Hall–Kier alpha value is -1.04. The molecule has 0 aliphatic carbocycles. The van der Waals surface area contributed by atoms with Crippen LogP contribution in [0.2, 0.25) is 0 Å². The highest BCUT2D eigenvalue weighted by Gasteiger charge is 2.22. The number of anilines is 1. The lowest BCUT2D eigenvalue weighted by molar-refractivity contribution is 0.425. The molecule has 0 aliphatic heterocycles. The van der Waals surface area contributed by atoms with Gasteiger partial charge in [-0.25, -0.2) is 0 Å². The molecule has 0 fully saturated rings. The molecule has 0 bridgehead atoms. The molecule has 0 aliphatic rings. The molecular weight excluding hydrogens is 191 g/mol. The second-order valence-electron chi connectivity index (χ2n) is 3.76. The molecule has 1 aromatic carbocycles. The fraction of sp³-hybridized carbons (Fsp3) is 0.400. The maximum absolute atomic E-state index is 9.28. The fourth-order valence-electron chi connectivity index (χ4n) is 2.01. The number of hydrogen-bond acceptors (Lipinski definition) is 4. The van der Waals surface area contributed by atoms with Gasteiger partial charge < -0.3 is 21.5 Å². The van der Waals surface area contributed by atoms with Crippen molar-refractivity contribution < 1.29 is 10.0 Å². The molecule has 1 rings (SSSR count). The van der Waals surface area contributed by atoms with E-state index in [1.807, 2.05) is 13.8 Å². The topological polar surface area (TPSA) is 92.5 Å². The Labute approximate surface area is 90.1 Å². The summed E-state index contributed by atoms with van der Waals surface area (Å²) in [6.07, 6.45) is 0. The number of nitrogens with two attached hydrogens (primary N) is 2. The molecule has 0 heterocycles. The quantitative estimate of drug-likeness (QED) is 0.383. The zero-order chi connectivity index (χ0) is 11.7. The third-order valence-corrected chi connectivity index (χ3v) is 2.98. The van der Waals surface area contributed by atoms with Crippen LogP contribution >= 0.6 is 0 Å². The highest BCUT2D eigenvalue weighted by Crippen LogP contribution is 2.22. The number of nitrogen functional groups attached to an aromatic ring is 1. The van der Waals surface area contributed by atoms with Crippen molar-refractivity contribution in [3.63, 3.8) is 0 Å². The molecule has 0 atom stereocenters. The van der Waals surface area contributed by atoms with Gasteiger partial charge in [0, 0.05) is 12.2 Å². The second-order valence-corrected chi connectivity index (χ2v) is 3.76. The first kappa shape index (κ1) is 12.0. The van der Waals surface area contributed by atoms with E-state index in [-0.39, 0.29) is 0 Å². The molecule has 0 unspecified atom stereocenters. The highest BCUT2D eigenvalue weighted by molar-refractivity contribution is 6.60. The van der Waals surface area contributed by atoms with Crippen molar-refractivity contribution in [2.24, 2.45) is 5.73 Å². The number of rotatable bonds is 2. The van der Waals surface area contributed by atoms with Gasteiger partial charge in [-0.3, -0.25) is 0 Å². The summed E-state index contributed by atoms with van der Waals surface area (Å²) in [6, 6.07) is 0. The van der Waals surface area contributed by atoms with Gasteiger partial charge in [-0.15, -0.1) is 0 Å². The van der Waals surface area contributed by atoms with Gasteiger partial charge in [-0.1, -0.05) is 0 Å². The summed E-state index contributed by atoms with van der Waals surface area (Å²) < 4.78 is 0. The minimum Gasteiger partial charge on any atom is -0.423 e. The van der Waals surface area contributed by atoms with Gasteiger partial charge in [0.15, 0.2) is 0 Å². The lowest BCUT2D eigenvalue weighted by atomic mass is 9.71. The monoisotopic (exact) mass is 208 g/mol. The van der Waals surface area contributed by atoms with Crippen molar-refractivity contribution in [3.05, 3.63) is 22.3 Å². The molecule has 0 radical (unpaired) electrons. The molecule has 4 nitrogen and oxygen atoms in total.